The lowest BCUT2D eigenvalue weighted by molar-refractivity contribution is -0.139. The molecule has 2 rings (SSSR count). The number of benzene rings is 1. The lowest BCUT2D eigenvalue weighted by Crippen LogP contribution is -2.05. The highest BCUT2D eigenvalue weighted by atomic mass is 16.4. The first kappa shape index (κ1) is 10.7. The van der Waals surface area contributed by atoms with E-state index in [-0.39, 0.29) is 6.42 Å². The number of rotatable bonds is 3. The van der Waals surface area contributed by atoms with Crippen LogP contribution >= 0.6 is 0 Å². The number of fused-ring (bicyclic) bond motifs is 1. The second-order valence-corrected chi connectivity index (χ2v) is 3.86. The summed E-state index contributed by atoms with van der Waals surface area (Å²) in [5.41, 5.74) is 1.62. The van der Waals surface area contributed by atoms with E-state index in [1.54, 1.807) is 6.07 Å². The van der Waals surface area contributed by atoms with Crippen LogP contribution in [0.2, 0.25) is 0 Å². The third-order valence-corrected chi connectivity index (χ3v) is 2.66. The van der Waals surface area contributed by atoms with Gasteiger partial charge in [0.05, 0.1) is 12.5 Å². The van der Waals surface area contributed by atoms with E-state index in [0.717, 1.165) is 10.9 Å². The number of hydrogen-bond acceptors (Lipinski definition) is 2. The van der Waals surface area contributed by atoms with Crippen molar-refractivity contribution in [3.05, 3.63) is 36.0 Å². The van der Waals surface area contributed by atoms with Crippen LogP contribution < -0.4 is 0 Å². The van der Waals surface area contributed by atoms with Gasteiger partial charge in [0, 0.05) is 18.8 Å². The van der Waals surface area contributed by atoms with Crippen LogP contribution in [0.1, 0.15) is 18.1 Å². The quantitative estimate of drug-likeness (QED) is 0.825. The maximum absolute atomic E-state index is 10.5. The molecule has 16 heavy (non-hydrogen) atoms. The van der Waals surface area contributed by atoms with Gasteiger partial charge >= 0.3 is 5.97 Å². The molecule has 0 fully saturated rings. The summed E-state index contributed by atoms with van der Waals surface area (Å²) in [6.45, 7) is 0. The monoisotopic (exact) mass is 219 g/mol. The highest BCUT2D eigenvalue weighted by Crippen LogP contribution is 2.22. The zero-order chi connectivity index (χ0) is 11.7. The first-order valence-electron chi connectivity index (χ1n) is 5.03. The SMILES string of the molecule is Cn1ccc2ccc([C@H](O)CC(=O)O)cc21. The second-order valence-electron chi connectivity index (χ2n) is 3.86. The van der Waals surface area contributed by atoms with Crippen LogP contribution in [0.3, 0.4) is 0 Å². The number of carboxylic acid groups (broad SMARTS) is 1. The van der Waals surface area contributed by atoms with Gasteiger partial charge in [0.25, 0.3) is 0 Å². The average molecular weight is 219 g/mol. The highest BCUT2D eigenvalue weighted by molar-refractivity contribution is 5.81. The molecule has 0 radical (unpaired) electrons. The number of aromatic nitrogens is 1. The van der Waals surface area contributed by atoms with Gasteiger partial charge in [-0.25, -0.2) is 0 Å². The molecule has 0 bridgehead atoms. The number of carboxylic acids is 1. The minimum absolute atomic E-state index is 0.268. The average Bonchev–Trinajstić information content (AvgIpc) is 2.59. The van der Waals surface area contributed by atoms with Crippen molar-refractivity contribution in [1.29, 1.82) is 0 Å². The molecule has 4 nitrogen and oxygen atoms in total. The van der Waals surface area contributed by atoms with Gasteiger partial charge in [-0.3, -0.25) is 4.79 Å². The Hall–Kier alpha value is -1.81. The van der Waals surface area contributed by atoms with Gasteiger partial charge in [-0.15, -0.1) is 0 Å². The molecule has 1 aromatic heterocycles. The predicted molar refractivity (Wildman–Crippen MR) is 60.1 cm³/mol. The van der Waals surface area contributed by atoms with E-state index >= 15 is 0 Å². The number of aliphatic carboxylic acids is 1. The fourth-order valence-corrected chi connectivity index (χ4v) is 1.77. The van der Waals surface area contributed by atoms with E-state index in [0.29, 0.717) is 5.56 Å². The lowest BCUT2D eigenvalue weighted by Gasteiger charge is -2.08. The number of hydrogen-bond donors (Lipinski definition) is 2. The van der Waals surface area contributed by atoms with Crippen molar-refractivity contribution in [1.82, 2.24) is 4.57 Å². The Labute approximate surface area is 92.7 Å². The maximum Gasteiger partial charge on any atom is 0.306 e. The van der Waals surface area contributed by atoms with Crippen molar-refractivity contribution in [3.63, 3.8) is 0 Å². The Morgan fingerprint density at radius 3 is 2.88 bits per heavy atom. The summed E-state index contributed by atoms with van der Waals surface area (Å²) in [5.74, 6) is -1.00. The third kappa shape index (κ3) is 1.92. The van der Waals surface area contributed by atoms with Gasteiger partial charge in [-0.05, 0) is 23.1 Å². The van der Waals surface area contributed by atoms with Crippen molar-refractivity contribution in [2.24, 2.45) is 7.05 Å². The molecule has 1 heterocycles. The molecule has 0 aliphatic rings. The van der Waals surface area contributed by atoms with Gasteiger partial charge in [0.2, 0.25) is 0 Å². The summed E-state index contributed by atoms with van der Waals surface area (Å²) < 4.78 is 1.94. The van der Waals surface area contributed by atoms with Crippen LogP contribution in [-0.2, 0) is 11.8 Å². The largest absolute Gasteiger partial charge is 0.481 e. The predicted octanol–water partition coefficient (Wildman–Crippen LogP) is 1.69. The Balaban J connectivity index is 2.38. The zero-order valence-corrected chi connectivity index (χ0v) is 8.92. The Morgan fingerprint density at radius 1 is 1.44 bits per heavy atom. The summed E-state index contributed by atoms with van der Waals surface area (Å²) >= 11 is 0. The van der Waals surface area contributed by atoms with E-state index in [2.05, 4.69) is 0 Å². The van der Waals surface area contributed by atoms with Crippen molar-refractivity contribution in [3.8, 4) is 0 Å². The third-order valence-electron chi connectivity index (χ3n) is 2.66. The van der Waals surface area contributed by atoms with E-state index < -0.39 is 12.1 Å². The van der Waals surface area contributed by atoms with Crippen LogP contribution in [0.15, 0.2) is 30.5 Å². The lowest BCUT2D eigenvalue weighted by atomic mass is 10.1. The van der Waals surface area contributed by atoms with E-state index in [1.807, 2.05) is 36.0 Å². The summed E-state index contributed by atoms with van der Waals surface area (Å²) in [6, 6.07) is 7.44. The minimum Gasteiger partial charge on any atom is -0.481 e. The van der Waals surface area contributed by atoms with Gasteiger partial charge in [0.15, 0.2) is 0 Å². The maximum atomic E-state index is 10.5. The molecule has 0 amide bonds. The molecule has 0 aliphatic carbocycles. The number of carbonyl (C=O) groups is 1. The summed E-state index contributed by atoms with van der Waals surface area (Å²) in [4.78, 5) is 10.5. The number of aliphatic hydroxyl groups is 1. The molecule has 0 saturated heterocycles. The first-order chi connectivity index (χ1) is 7.58. The van der Waals surface area contributed by atoms with E-state index in [4.69, 9.17) is 5.11 Å². The van der Waals surface area contributed by atoms with Crippen molar-refractivity contribution < 1.29 is 15.0 Å². The number of aryl methyl sites for hydroxylation is 1. The molecule has 2 N–H and O–H groups in total. The molecule has 1 aromatic carbocycles. The molecule has 4 heteroatoms. The smallest absolute Gasteiger partial charge is 0.306 e. The highest BCUT2D eigenvalue weighted by Gasteiger charge is 2.12. The molecular formula is C12H13NO3. The molecule has 1 atom stereocenters. The summed E-state index contributed by atoms with van der Waals surface area (Å²) in [6.07, 6.45) is 0.713. The van der Waals surface area contributed by atoms with Gasteiger partial charge < -0.3 is 14.8 Å². The number of nitrogens with zero attached hydrogens (tertiary/aromatic N) is 1. The van der Waals surface area contributed by atoms with Crippen LogP contribution in [0.5, 0.6) is 0 Å². The van der Waals surface area contributed by atoms with Crippen LogP contribution in [0.25, 0.3) is 10.9 Å². The van der Waals surface area contributed by atoms with Gasteiger partial charge in [0.1, 0.15) is 0 Å². The molecular weight excluding hydrogens is 206 g/mol. The molecule has 84 valence electrons. The van der Waals surface area contributed by atoms with Gasteiger partial charge in [-0.1, -0.05) is 12.1 Å². The van der Waals surface area contributed by atoms with E-state index in [1.165, 1.54) is 0 Å². The molecule has 0 spiro atoms. The van der Waals surface area contributed by atoms with Crippen molar-refractivity contribution >= 4 is 16.9 Å². The second kappa shape index (κ2) is 3.98. The Morgan fingerprint density at radius 2 is 2.19 bits per heavy atom. The topological polar surface area (TPSA) is 62.5 Å². The normalized spacial score (nSPS) is 12.9. The van der Waals surface area contributed by atoms with Crippen LogP contribution in [-0.4, -0.2) is 20.7 Å². The van der Waals surface area contributed by atoms with Crippen molar-refractivity contribution in [2.75, 3.05) is 0 Å². The Kier molecular flexibility index (Phi) is 2.66. The van der Waals surface area contributed by atoms with Crippen molar-refractivity contribution in [2.45, 2.75) is 12.5 Å². The summed E-state index contributed by atoms with van der Waals surface area (Å²) in [5, 5.41) is 19.4. The van der Waals surface area contributed by atoms with Crippen LogP contribution in [0, 0.1) is 0 Å². The molecule has 0 unspecified atom stereocenters. The Bertz CT molecular complexity index is 530. The van der Waals surface area contributed by atoms with Gasteiger partial charge in [-0.2, -0.15) is 0 Å². The molecule has 2 aromatic rings. The molecule has 0 aliphatic heterocycles. The number of aliphatic hydroxyl groups excluding tert-OH is 1. The fourth-order valence-electron chi connectivity index (χ4n) is 1.77. The standard InChI is InChI=1S/C12H13NO3/c1-13-5-4-8-2-3-9(6-10(8)13)11(14)7-12(15)16/h2-6,11,14H,7H2,1H3,(H,15,16)/t11-/m1/s1. The van der Waals surface area contributed by atoms with Crippen LogP contribution in [0.4, 0.5) is 0 Å². The summed E-state index contributed by atoms with van der Waals surface area (Å²) in [7, 11) is 1.91. The minimum atomic E-state index is -1.00. The fraction of sp³-hybridized carbons (Fsp3) is 0.250. The molecule has 0 saturated carbocycles. The van der Waals surface area contributed by atoms with E-state index in [9.17, 15) is 9.90 Å². The first-order valence-corrected chi connectivity index (χ1v) is 5.03. The zero-order valence-electron chi connectivity index (χ0n) is 8.92.